The summed E-state index contributed by atoms with van der Waals surface area (Å²) in [4.78, 5) is 0. The summed E-state index contributed by atoms with van der Waals surface area (Å²) >= 11 is 0. The van der Waals surface area contributed by atoms with Crippen LogP contribution >= 0.6 is 0 Å². The second-order valence-corrected chi connectivity index (χ2v) is 4.25. The molecule has 0 aliphatic carbocycles. The van der Waals surface area contributed by atoms with Crippen LogP contribution in [0.5, 0.6) is 0 Å². The monoisotopic (exact) mass is 240 g/mol. The van der Waals surface area contributed by atoms with Gasteiger partial charge in [-0.3, -0.25) is 0 Å². The van der Waals surface area contributed by atoms with Crippen molar-refractivity contribution in [3.05, 3.63) is 35.4 Å². The van der Waals surface area contributed by atoms with Gasteiger partial charge in [0.05, 0.1) is 6.10 Å². The molecular weight excluding hydrogens is 222 g/mol. The lowest BCUT2D eigenvalue weighted by Crippen LogP contribution is -3.00. The Morgan fingerprint density at radius 1 is 1.44 bits per heavy atom. The van der Waals surface area contributed by atoms with Gasteiger partial charge in [-0.2, -0.15) is 0 Å². The third-order valence-electron chi connectivity index (χ3n) is 2.81. The highest BCUT2D eigenvalue weighted by Gasteiger charge is 2.14. The molecule has 1 aromatic carbocycles. The van der Waals surface area contributed by atoms with Gasteiger partial charge in [-0.25, -0.2) is 0 Å². The van der Waals surface area contributed by atoms with Crippen molar-refractivity contribution >= 4 is 0 Å². The van der Waals surface area contributed by atoms with E-state index in [9.17, 15) is 0 Å². The Bertz CT molecular complexity index is 311. The zero-order valence-electron chi connectivity index (χ0n) is 9.71. The smallest absolute Gasteiger partial charge is 0.0700 e. The highest BCUT2D eigenvalue weighted by atomic mass is 35.5. The van der Waals surface area contributed by atoms with Crippen LogP contribution in [-0.2, 0) is 11.3 Å². The molecule has 0 radical (unpaired) electrons. The number of hydrogen-bond donors (Lipinski definition) is 1. The molecule has 1 heterocycles. The quantitative estimate of drug-likeness (QED) is 0.749. The maximum absolute atomic E-state index is 5.55. The number of nitrogens with one attached hydrogen (secondary N) is 1. The van der Waals surface area contributed by atoms with Crippen molar-refractivity contribution in [1.82, 2.24) is 5.32 Å². The summed E-state index contributed by atoms with van der Waals surface area (Å²) in [6.45, 7) is 5.00. The van der Waals surface area contributed by atoms with Gasteiger partial charge in [-0.15, -0.1) is 0 Å². The van der Waals surface area contributed by atoms with Gasteiger partial charge in [0.1, 0.15) is 0 Å². The van der Waals surface area contributed by atoms with Gasteiger partial charge >= 0.3 is 0 Å². The van der Waals surface area contributed by atoms with Crippen molar-refractivity contribution in [3.63, 3.8) is 0 Å². The molecule has 0 bridgehead atoms. The number of ether oxygens (including phenoxy) is 1. The first-order valence-corrected chi connectivity index (χ1v) is 5.72. The predicted octanol–water partition coefficient (Wildman–Crippen LogP) is -0.732. The fourth-order valence-electron chi connectivity index (χ4n) is 2.00. The summed E-state index contributed by atoms with van der Waals surface area (Å²) in [5.41, 5.74) is 2.68. The van der Waals surface area contributed by atoms with E-state index in [1.54, 1.807) is 0 Å². The van der Waals surface area contributed by atoms with Crippen LogP contribution in [0.1, 0.15) is 24.0 Å². The maximum atomic E-state index is 5.55. The predicted molar refractivity (Wildman–Crippen MR) is 61.9 cm³/mol. The Labute approximate surface area is 104 Å². The van der Waals surface area contributed by atoms with E-state index in [0.29, 0.717) is 6.10 Å². The molecule has 2 nitrogen and oxygen atoms in total. The molecule has 90 valence electrons. The van der Waals surface area contributed by atoms with Crippen molar-refractivity contribution in [1.29, 1.82) is 0 Å². The maximum Gasteiger partial charge on any atom is 0.0700 e. The van der Waals surface area contributed by atoms with E-state index < -0.39 is 0 Å². The number of aryl methyl sites for hydroxylation is 1. The molecule has 16 heavy (non-hydrogen) atoms. The molecule has 3 heteroatoms. The Morgan fingerprint density at radius 2 is 2.31 bits per heavy atom. The van der Waals surface area contributed by atoms with E-state index in [1.807, 2.05) is 0 Å². The third-order valence-corrected chi connectivity index (χ3v) is 2.81. The Morgan fingerprint density at radius 3 is 3.00 bits per heavy atom. The number of hydrogen-bond acceptors (Lipinski definition) is 2. The summed E-state index contributed by atoms with van der Waals surface area (Å²) < 4.78 is 5.55. The summed E-state index contributed by atoms with van der Waals surface area (Å²) in [6.07, 6.45) is 2.87. The van der Waals surface area contributed by atoms with Crippen LogP contribution in [0.15, 0.2) is 24.3 Å². The second-order valence-electron chi connectivity index (χ2n) is 4.25. The molecule has 1 fully saturated rings. The average Bonchev–Trinajstić information content (AvgIpc) is 2.71. The minimum atomic E-state index is 0. The largest absolute Gasteiger partial charge is 1.00 e. The lowest BCUT2D eigenvalue weighted by atomic mass is 10.1. The molecular formula is C13H19ClNO-. The first-order chi connectivity index (χ1) is 7.34. The number of benzene rings is 1. The van der Waals surface area contributed by atoms with Crippen LogP contribution in [0.4, 0.5) is 0 Å². The number of rotatable bonds is 4. The Hall–Kier alpha value is -0.570. The van der Waals surface area contributed by atoms with E-state index >= 15 is 0 Å². The van der Waals surface area contributed by atoms with E-state index in [-0.39, 0.29) is 12.4 Å². The molecule has 1 atom stereocenters. The van der Waals surface area contributed by atoms with Crippen LogP contribution in [0.25, 0.3) is 0 Å². The molecule has 0 spiro atoms. The molecule has 1 N–H and O–H groups in total. The normalized spacial score (nSPS) is 19.4. The van der Waals surface area contributed by atoms with Crippen LogP contribution < -0.4 is 17.7 Å². The molecule has 0 saturated carbocycles. The first-order valence-electron chi connectivity index (χ1n) is 5.72. The molecule has 1 aliphatic rings. The third kappa shape index (κ3) is 4.12. The fourth-order valence-corrected chi connectivity index (χ4v) is 2.00. The van der Waals surface area contributed by atoms with E-state index in [2.05, 4.69) is 36.5 Å². The van der Waals surface area contributed by atoms with Crippen molar-refractivity contribution in [2.75, 3.05) is 13.2 Å². The van der Waals surface area contributed by atoms with Gasteiger partial charge in [0.2, 0.25) is 0 Å². The summed E-state index contributed by atoms with van der Waals surface area (Å²) in [7, 11) is 0. The van der Waals surface area contributed by atoms with Crippen LogP contribution in [0, 0.1) is 6.92 Å². The van der Waals surface area contributed by atoms with Gasteiger partial charge in [0.25, 0.3) is 0 Å². The minimum Gasteiger partial charge on any atom is -1.00 e. The number of halogens is 1. The van der Waals surface area contributed by atoms with Gasteiger partial charge in [-0.05, 0) is 25.3 Å². The van der Waals surface area contributed by atoms with Crippen molar-refractivity contribution in [2.45, 2.75) is 32.4 Å². The van der Waals surface area contributed by atoms with Crippen molar-refractivity contribution in [2.24, 2.45) is 0 Å². The lowest BCUT2D eigenvalue weighted by Gasteiger charge is -2.10. The van der Waals surface area contributed by atoms with Gasteiger partial charge in [0.15, 0.2) is 0 Å². The Kier molecular flexibility index (Phi) is 5.81. The summed E-state index contributed by atoms with van der Waals surface area (Å²) in [5, 5.41) is 3.45. The van der Waals surface area contributed by atoms with Crippen molar-refractivity contribution in [3.8, 4) is 0 Å². The van der Waals surface area contributed by atoms with E-state index in [4.69, 9.17) is 4.74 Å². The summed E-state index contributed by atoms with van der Waals surface area (Å²) in [5.74, 6) is 0. The van der Waals surface area contributed by atoms with E-state index in [0.717, 1.165) is 19.7 Å². The van der Waals surface area contributed by atoms with Gasteiger partial charge < -0.3 is 22.5 Å². The van der Waals surface area contributed by atoms with Gasteiger partial charge in [0, 0.05) is 19.7 Å². The second kappa shape index (κ2) is 6.89. The minimum absolute atomic E-state index is 0. The van der Waals surface area contributed by atoms with Crippen molar-refractivity contribution < 1.29 is 17.1 Å². The molecule has 0 aromatic heterocycles. The zero-order valence-corrected chi connectivity index (χ0v) is 10.5. The highest BCUT2D eigenvalue weighted by molar-refractivity contribution is 5.21. The van der Waals surface area contributed by atoms with Crippen LogP contribution in [0.2, 0.25) is 0 Å². The van der Waals surface area contributed by atoms with Gasteiger partial charge in [-0.1, -0.05) is 29.8 Å². The SMILES string of the molecule is Cc1cccc(CNCC2CCCO2)c1.[Cl-]. The zero-order chi connectivity index (χ0) is 10.5. The van der Waals surface area contributed by atoms with Crippen LogP contribution in [0.3, 0.4) is 0 Å². The highest BCUT2D eigenvalue weighted by Crippen LogP contribution is 2.11. The standard InChI is InChI=1S/C13H19NO.ClH/c1-11-4-2-5-12(8-11)9-14-10-13-6-3-7-15-13;/h2,4-5,8,13-14H,3,6-7,9-10H2,1H3;1H/p-1. The molecule has 0 amide bonds. The molecule has 1 unspecified atom stereocenters. The summed E-state index contributed by atoms with van der Waals surface area (Å²) in [6, 6.07) is 8.63. The molecule has 1 aromatic rings. The topological polar surface area (TPSA) is 21.3 Å². The Balaban J connectivity index is 0.00000128. The molecule has 1 saturated heterocycles. The first kappa shape index (κ1) is 13.5. The molecule has 1 aliphatic heterocycles. The van der Waals surface area contributed by atoms with E-state index in [1.165, 1.54) is 24.0 Å². The van der Waals surface area contributed by atoms with Crippen LogP contribution in [-0.4, -0.2) is 19.3 Å². The molecule has 2 rings (SSSR count). The fraction of sp³-hybridized carbons (Fsp3) is 0.538. The average molecular weight is 241 g/mol. The lowest BCUT2D eigenvalue weighted by molar-refractivity contribution is -0.00000451.